The summed E-state index contributed by atoms with van der Waals surface area (Å²) in [5.74, 6) is -0.875. The molecule has 0 amide bonds. The topological polar surface area (TPSA) is 127 Å². The molecule has 0 bridgehead atoms. The van der Waals surface area contributed by atoms with E-state index >= 15 is 0 Å². The Labute approximate surface area is 177 Å². The number of aliphatic carboxylic acids is 1. The molecule has 0 unspecified atom stereocenters. The summed E-state index contributed by atoms with van der Waals surface area (Å²) in [5.41, 5.74) is 1.25. The fraction of sp³-hybridized carbons (Fsp3) is 0.143. The third kappa shape index (κ3) is 6.83. The number of hydrogen-bond acceptors (Lipinski definition) is 6. The molecule has 1 atom stereocenters. The van der Waals surface area contributed by atoms with Crippen LogP contribution in [0.5, 0.6) is 11.5 Å². The van der Waals surface area contributed by atoms with E-state index in [0.717, 1.165) is 40.8 Å². The number of fused-ring (bicyclic) bond motifs is 1. The van der Waals surface area contributed by atoms with Gasteiger partial charge in [-0.3, -0.25) is 4.99 Å². The predicted octanol–water partition coefficient (Wildman–Crippen LogP) is 2.85. The Morgan fingerprint density at radius 3 is 2.24 bits per heavy atom. The molecule has 7 nitrogen and oxygen atoms in total. The van der Waals surface area contributed by atoms with E-state index in [1.165, 1.54) is 18.3 Å². The minimum atomic E-state index is -1.05. The van der Waals surface area contributed by atoms with Gasteiger partial charge in [-0.15, -0.1) is 0 Å². The van der Waals surface area contributed by atoms with Gasteiger partial charge in [0.15, 0.2) is 6.04 Å². The summed E-state index contributed by atoms with van der Waals surface area (Å²) in [6.07, 6.45) is 1.61. The molecule has 3 aromatic carbocycles. The Morgan fingerprint density at radius 2 is 1.62 bits per heavy atom. The molecular weight excluding hydrogens is 413 g/mol. The van der Waals surface area contributed by atoms with Crippen LogP contribution in [0.3, 0.4) is 0 Å². The summed E-state index contributed by atoms with van der Waals surface area (Å²) in [6.45, 7) is 0. The van der Waals surface area contributed by atoms with E-state index in [1.54, 1.807) is 24.3 Å². The van der Waals surface area contributed by atoms with Crippen LogP contribution < -0.4 is 0 Å². The molecule has 0 aliphatic rings. The van der Waals surface area contributed by atoms with E-state index in [4.69, 9.17) is 8.78 Å². The summed E-state index contributed by atoms with van der Waals surface area (Å²) >= 11 is 1.06. The van der Waals surface area contributed by atoms with Crippen LogP contribution in [0.15, 0.2) is 65.7 Å². The molecule has 0 heterocycles. The van der Waals surface area contributed by atoms with Crippen molar-refractivity contribution < 1.29 is 46.3 Å². The van der Waals surface area contributed by atoms with Crippen molar-refractivity contribution in [2.75, 3.05) is 7.11 Å². The third-order valence-corrected chi connectivity index (χ3v) is 3.98. The van der Waals surface area contributed by atoms with Gasteiger partial charge in [0.25, 0.3) is 0 Å². The molecule has 4 N–H and O–H groups in total. The third-order valence-electron chi connectivity index (χ3n) is 3.98. The second-order valence-electron chi connectivity index (χ2n) is 5.72. The van der Waals surface area contributed by atoms with Crippen molar-refractivity contribution in [2.45, 2.75) is 12.5 Å². The molecule has 0 radical (unpaired) electrons. The zero-order valence-corrected chi connectivity index (χ0v) is 17.0. The normalized spacial score (nSPS) is 11.1. The zero-order valence-electron chi connectivity index (χ0n) is 15.6. The molecule has 3 rings (SSSR count). The van der Waals surface area contributed by atoms with Crippen LogP contribution >= 0.6 is 0 Å². The number of carbonyl (C=O) groups is 1. The van der Waals surface area contributed by atoms with Crippen LogP contribution in [0.2, 0.25) is 0 Å². The summed E-state index contributed by atoms with van der Waals surface area (Å²) in [6, 6.07) is 16.2. The first-order chi connectivity index (χ1) is 14.0. The number of aliphatic hydroxyl groups excluding tert-OH is 1. The molecule has 0 aromatic heterocycles. The molecule has 0 aliphatic carbocycles. The van der Waals surface area contributed by atoms with E-state index in [0.29, 0.717) is 5.56 Å². The Bertz CT molecular complexity index is 959. The van der Waals surface area contributed by atoms with E-state index in [1.807, 2.05) is 24.3 Å². The number of aliphatic hydroxyl groups is 1. The van der Waals surface area contributed by atoms with E-state index in [2.05, 4.69) is 4.99 Å². The molecular formula is C21H21NO6V. The Kier molecular flexibility index (Phi) is 10.3. The second-order valence-corrected chi connectivity index (χ2v) is 5.72. The number of carboxylic acid groups (broad SMARTS) is 1. The average Bonchev–Trinajstić information content (AvgIpc) is 2.76. The molecule has 8 heteroatoms. The molecule has 151 valence electrons. The van der Waals surface area contributed by atoms with Crippen LogP contribution in [-0.4, -0.2) is 45.8 Å². The number of carboxylic acids is 1. The van der Waals surface area contributed by atoms with E-state index in [9.17, 15) is 20.1 Å². The number of phenols is 2. The van der Waals surface area contributed by atoms with Gasteiger partial charge in [0.05, 0.1) is 0 Å². The van der Waals surface area contributed by atoms with Crippen molar-refractivity contribution in [3.05, 3.63) is 71.8 Å². The summed E-state index contributed by atoms with van der Waals surface area (Å²) in [4.78, 5) is 15.7. The van der Waals surface area contributed by atoms with Gasteiger partial charge < -0.3 is 20.4 Å². The van der Waals surface area contributed by atoms with Gasteiger partial charge in [0, 0.05) is 25.3 Å². The van der Waals surface area contributed by atoms with Crippen LogP contribution in [-0.2, 0) is 32.3 Å². The number of phenolic OH excluding ortho intramolecular Hbond substituents is 2. The number of benzene rings is 3. The molecule has 0 saturated carbocycles. The molecule has 0 fully saturated rings. The molecule has 0 aliphatic heterocycles. The number of nitrogens with zero attached hydrogens (tertiary/aromatic N) is 1. The van der Waals surface area contributed by atoms with Crippen LogP contribution in [0.4, 0.5) is 0 Å². The fourth-order valence-electron chi connectivity index (χ4n) is 2.64. The van der Waals surface area contributed by atoms with Gasteiger partial charge >= 0.3 is 27.0 Å². The first-order valence-corrected chi connectivity index (χ1v) is 8.99. The maximum atomic E-state index is 11.5. The summed E-state index contributed by atoms with van der Waals surface area (Å²) < 4.78 is 8.19. The quantitative estimate of drug-likeness (QED) is 0.458. The van der Waals surface area contributed by atoms with E-state index < -0.39 is 12.0 Å². The van der Waals surface area contributed by atoms with Gasteiger partial charge in [0.2, 0.25) is 0 Å². The van der Waals surface area contributed by atoms with E-state index in [-0.39, 0.29) is 17.9 Å². The van der Waals surface area contributed by atoms with Crippen molar-refractivity contribution in [3.8, 4) is 11.5 Å². The first-order valence-electron chi connectivity index (χ1n) is 8.42. The summed E-state index contributed by atoms with van der Waals surface area (Å²) in [7, 11) is 1.00. The summed E-state index contributed by atoms with van der Waals surface area (Å²) in [5, 5.41) is 37.6. The number of aromatic hydroxyl groups is 2. The number of hydrogen-bond donors (Lipinski definition) is 4. The monoisotopic (exact) mass is 434 g/mol. The predicted molar refractivity (Wildman–Crippen MR) is 105 cm³/mol. The van der Waals surface area contributed by atoms with Gasteiger partial charge in [0.1, 0.15) is 11.5 Å². The average molecular weight is 434 g/mol. The van der Waals surface area contributed by atoms with Crippen LogP contribution in [0.25, 0.3) is 10.8 Å². The van der Waals surface area contributed by atoms with Gasteiger partial charge in [-0.1, -0.05) is 42.5 Å². The van der Waals surface area contributed by atoms with Crippen molar-refractivity contribution >= 4 is 23.0 Å². The number of aliphatic imine (C=N–C) groups is 1. The van der Waals surface area contributed by atoms with Gasteiger partial charge in [-0.05, 0) is 34.5 Å². The van der Waals surface area contributed by atoms with Crippen LogP contribution in [0, 0.1) is 0 Å². The minimum absolute atomic E-state index is 0.0521. The Morgan fingerprint density at radius 1 is 1.00 bits per heavy atom. The molecule has 0 saturated heterocycles. The van der Waals surface area contributed by atoms with Crippen molar-refractivity contribution in [1.29, 1.82) is 0 Å². The molecule has 29 heavy (non-hydrogen) atoms. The standard InChI is InChI=1S/C20H17NO4.CH4O.O.V/c22-15-8-5-13(6-9-15)11-18(20(24)25)21-12-17-16-4-2-1-3-14(16)7-10-19(17)23;1-2;;/h1-10,12,18,22-23H,11H2,(H,24,25);2H,1H3;;/t18-;;;/m0.../s1. The second kappa shape index (κ2) is 12.5. The fourth-order valence-corrected chi connectivity index (χ4v) is 2.64. The van der Waals surface area contributed by atoms with Crippen LogP contribution in [0.1, 0.15) is 11.1 Å². The first kappa shape index (κ1) is 24.0. The Hall–Kier alpha value is -3.00. The van der Waals surface area contributed by atoms with Crippen molar-refractivity contribution in [2.24, 2.45) is 4.99 Å². The number of rotatable bonds is 5. The molecule has 3 aromatic rings. The maximum absolute atomic E-state index is 11.5. The SMILES string of the molecule is CO.O=C(O)[C@H](Cc1ccc(O)cc1)N=Cc1c(O)ccc2ccccc12.[O]=[V]. The van der Waals surface area contributed by atoms with Gasteiger partial charge in [-0.2, -0.15) is 0 Å². The molecule has 0 spiro atoms. The van der Waals surface area contributed by atoms with Gasteiger partial charge in [-0.25, -0.2) is 4.79 Å². The van der Waals surface area contributed by atoms with Crippen molar-refractivity contribution in [1.82, 2.24) is 0 Å². The zero-order chi connectivity index (χ0) is 21.8. The van der Waals surface area contributed by atoms with Crippen molar-refractivity contribution in [3.63, 3.8) is 0 Å². The Balaban J connectivity index is 0.000000989.